The minimum absolute atomic E-state index is 0.157. The molecule has 0 aromatic heterocycles. The van der Waals surface area contributed by atoms with Crippen molar-refractivity contribution in [2.45, 2.75) is 44.2 Å². The second kappa shape index (κ2) is 9.38. The summed E-state index contributed by atoms with van der Waals surface area (Å²) >= 11 is 0. The number of fused-ring (bicyclic) bond motifs is 1. The summed E-state index contributed by atoms with van der Waals surface area (Å²) in [6, 6.07) is 14.2. The molecule has 1 fully saturated rings. The molecule has 3 unspecified atom stereocenters. The van der Waals surface area contributed by atoms with Crippen LogP contribution in [-0.2, 0) is 14.8 Å². The zero-order chi connectivity index (χ0) is 22.7. The summed E-state index contributed by atoms with van der Waals surface area (Å²) in [6.45, 7) is 2.07. The molecule has 1 heterocycles. The van der Waals surface area contributed by atoms with E-state index in [2.05, 4.69) is 18.3 Å². The van der Waals surface area contributed by atoms with E-state index >= 15 is 0 Å². The van der Waals surface area contributed by atoms with Gasteiger partial charge in [-0.1, -0.05) is 24.3 Å². The molecule has 172 valence electrons. The fourth-order valence-corrected chi connectivity index (χ4v) is 4.87. The third kappa shape index (κ3) is 5.52. The quantitative estimate of drug-likeness (QED) is 0.624. The van der Waals surface area contributed by atoms with E-state index in [-0.39, 0.29) is 19.4 Å². The van der Waals surface area contributed by atoms with E-state index in [1.807, 2.05) is 41.1 Å². The number of para-hydroxylation sites is 1. The number of hydrogen-bond donors (Lipinski definition) is 2. The van der Waals surface area contributed by atoms with E-state index in [1.54, 1.807) is 0 Å². The lowest BCUT2D eigenvalue weighted by Crippen LogP contribution is -2.33. The number of benzene rings is 2. The van der Waals surface area contributed by atoms with Gasteiger partial charge in [0.25, 0.3) is 5.91 Å². The first-order chi connectivity index (χ1) is 15.3. The number of carbonyl (C=O) groups excluding carboxylic acids is 1. The second-order valence-electron chi connectivity index (χ2n) is 8.33. The van der Waals surface area contributed by atoms with Gasteiger partial charge >= 0.3 is 0 Å². The van der Waals surface area contributed by atoms with Crippen molar-refractivity contribution in [2.75, 3.05) is 19.7 Å². The lowest BCUT2D eigenvalue weighted by molar-refractivity contribution is -0.121. The largest absolute Gasteiger partial charge is 0.484 e. The summed E-state index contributed by atoms with van der Waals surface area (Å²) in [5, 5.41) is 3.73. The van der Waals surface area contributed by atoms with Crippen LogP contribution in [-0.4, -0.2) is 40.0 Å². The third-order valence-electron chi connectivity index (χ3n) is 5.83. The fourth-order valence-electron chi connectivity index (χ4n) is 4.39. The Kier molecular flexibility index (Phi) is 6.57. The van der Waals surface area contributed by atoms with Gasteiger partial charge in [-0.05, 0) is 55.9 Å². The van der Waals surface area contributed by atoms with Gasteiger partial charge in [0.05, 0.1) is 6.26 Å². The summed E-state index contributed by atoms with van der Waals surface area (Å²) in [5.74, 6) is 1.91. The highest BCUT2D eigenvalue weighted by Gasteiger charge is 2.28. The molecule has 0 bridgehead atoms. The minimum atomic E-state index is -3.58. The van der Waals surface area contributed by atoms with Gasteiger partial charge in [0.15, 0.2) is 18.1 Å². The molecular weight excluding hydrogens is 432 g/mol. The van der Waals surface area contributed by atoms with Gasteiger partial charge in [0.1, 0.15) is 5.75 Å². The van der Waals surface area contributed by atoms with Gasteiger partial charge in [0.2, 0.25) is 16.8 Å². The van der Waals surface area contributed by atoms with E-state index in [9.17, 15) is 13.2 Å². The predicted octanol–water partition coefficient (Wildman–Crippen LogP) is 2.86. The van der Waals surface area contributed by atoms with Crippen LogP contribution in [0.4, 0.5) is 0 Å². The Morgan fingerprint density at radius 1 is 1.16 bits per heavy atom. The highest BCUT2D eigenvalue weighted by atomic mass is 32.2. The van der Waals surface area contributed by atoms with Crippen LogP contribution in [0.3, 0.4) is 0 Å². The number of sulfonamides is 1. The molecule has 2 aliphatic rings. The van der Waals surface area contributed by atoms with Gasteiger partial charge in [-0.3, -0.25) is 9.52 Å². The molecular formula is C23H28N2O6S. The molecule has 4 rings (SSSR count). The van der Waals surface area contributed by atoms with E-state index in [4.69, 9.17) is 14.2 Å². The van der Waals surface area contributed by atoms with Crippen LogP contribution in [0.5, 0.6) is 17.2 Å². The standard InChI is InChI=1S/C23H28N2O6S/c1-15(20-4-3-5-21-23(20)31-14-30-21)24-18-9-6-17(12-18)16-7-10-19(11-8-16)29-13-22(26)25-32(2,27)28/h3-5,7-8,10-11,15,17-18,24H,6,9,12-14H2,1-2H3,(H,25,26). The smallest absolute Gasteiger partial charge is 0.271 e. The number of amides is 1. The fraction of sp³-hybridized carbons (Fsp3) is 0.435. The van der Waals surface area contributed by atoms with Gasteiger partial charge in [0, 0.05) is 17.6 Å². The summed E-state index contributed by atoms with van der Waals surface area (Å²) in [5.41, 5.74) is 2.34. The normalized spacial score (nSPS) is 20.7. The van der Waals surface area contributed by atoms with E-state index in [1.165, 1.54) is 5.56 Å². The van der Waals surface area contributed by atoms with Crippen LogP contribution in [0.25, 0.3) is 0 Å². The van der Waals surface area contributed by atoms with Gasteiger partial charge < -0.3 is 19.5 Å². The van der Waals surface area contributed by atoms with Crippen molar-refractivity contribution >= 4 is 15.9 Å². The number of rotatable bonds is 8. The lowest BCUT2D eigenvalue weighted by Gasteiger charge is -2.21. The zero-order valence-corrected chi connectivity index (χ0v) is 19.0. The maximum absolute atomic E-state index is 11.6. The topological polar surface area (TPSA) is 103 Å². The van der Waals surface area contributed by atoms with E-state index in [0.29, 0.717) is 17.7 Å². The van der Waals surface area contributed by atoms with Gasteiger partial charge in [-0.25, -0.2) is 8.42 Å². The second-order valence-corrected chi connectivity index (χ2v) is 10.1. The van der Waals surface area contributed by atoms with Crippen molar-refractivity contribution < 1.29 is 27.4 Å². The average Bonchev–Trinajstić information content (AvgIpc) is 3.40. The molecule has 0 radical (unpaired) electrons. The molecule has 8 nitrogen and oxygen atoms in total. The highest BCUT2D eigenvalue weighted by molar-refractivity contribution is 7.89. The third-order valence-corrected chi connectivity index (χ3v) is 6.43. The predicted molar refractivity (Wildman–Crippen MR) is 119 cm³/mol. The summed E-state index contributed by atoms with van der Waals surface area (Å²) in [6.07, 6.45) is 4.14. The molecule has 9 heteroatoms. The molecule has 2 aromatic rings. The monoisotopic (exact) mass is 460 g/mol. The molecule has 1 amide bonds. The lowest BCUT2D eigenvalue weighted by atomic mass is 9.97. The first-order valence-corrected chi connectivity index (χ1v) is 12.6. The highest BCUT2D eigenvalue weighted by Crippen LogP contribution is 2.40. The first kappa shape index (κ1) is 22.4. The molecule has 32 heavy (non-hydrogen) atoms. The van der Waals surface area contributed by atoms with Crippen LogP contribution in [0.15, 0.2) is 42.5 Å². The Morgan fingerprint density at radius 3 is 2.69 bits per heavy atom. The molecule has 2 aromatic carbocycles. The zero-order valence-electron chi connectivity index (χ0n) is 18.2. The first-order valence-electron chi connectivity index (χ1n) is 10.7. The van der Waals surface area contributed by atoms with E-state index < -0.39 is 15.9 Å². The van der Waals surface area contributed by atoms with E-state index in [0.717, 1.165) is 42.6 Å². The van der Waals surface area contributed by atoms with Crippen LogP contribution >= 0.6 is 0 Å². The van der Waals surface area contributed by atoms with Crippen LogP contribution in [0.1, 0.15) is 49.3 Å². The Labute approximate surface area is 188 Å². The Bertz CT molecular complexity index is 1070. The molecule has 2 N–H and O–H groups in total. The Morgan fingerprint density at radius 2 is 1.94 bits per heavy atom. The number of hydrogen-bond acceptors (Lipinski definition) is 7. The maximum atomic E-state index is 11.6. The number of nitrogens with one attached hydrogen (secondary N) is 2. The molecule has 1 aliphatic heterocycles. The van der Waals surface area contributed by atoms with Crippen molar-refractivity contribution in [3.05, 3.63) is 53.6 Å². The Balaban J connectivity index is 1.29. The van der Waals surface area contributed by atoms with Gasteiger partial charge in [-0.15, -0.1) is 0 Å². The van der Waals surface area contributed by atoms with Gasteiger partial charge in [-0.2, -0.15) is 0 Å². The van der Waals surface area contributed by atoms with Crippen LogP contribution in [0, 0.1) is 0 Å². The van der Waals surface area contributed by atoms with Crippen molar-refractivity contribution in [3.63, 3.8) is 0 Å². The number of ether oxygens (including phenoxy) is 3. The van der Waals surface area contributed by atoms with Crippen LogP contribution < -0.4 is 24.2 Å². The summed E-state index contributed by atoms with van der Waals surface area (Å²) in [7, 11) is -3.58. The Hall–Kier alpha value is -2.78. The molecule has 1 saturated carbocycles. The molecule has 0 spiro atoms. The molecule has 0 saturated heterocycles. The summed E-state index contributed by atoms with van der Waals surface area (Å²) in [4.78, 5) is 11.6. The van der Waals surface area contributed by atoms with Crippen molar-refractivity contribution in [2.24, 2.45) is 0 Å². The van der Waals surface area contributed by atoms with Crippen LogP contribution in [0.2, 0.25) is 0 Å². The van der Waals surface area contributed by atoms with Crippen molar-refractivity contribution in [1.82, 2.24) is 10.0 Å². The average molecular weight is 461 g/mol. The summed E-state index contributed by atoms with van der Waals surface area (Å²) < 4.78 is 40.5. The van der Waals surface area contributed by atoms with Crippen molar-refractivity contribution in [1.29, 1.82) is 0 Å². The minimum Gasteiger partial charge on any atom is -0.484 e. The molecule has 3 atom stereocenters. The molecule has 1 aliphatic carbocycles. The maximum Gasteiger partial charge on any atom is 0.271 e. The van der Waals surface area contributed by atoms with Crippen molar-refractivity contribution in [3.8, 4) is 17.2 Å². The number of carbonyl (C=O) groups is 1. The SMILES string of the molecule is CC(NC1CCC(c2ccc(OCC(=O)NS(C)(=O)=O)cc2)C1)c1cccc2c1OCO2.